The molecule has 1 aliphatic heterocycles. The van der Waals surface area contributed by atoms with Crippen molar-refractivity contribution >= 4 is 5.69 Å². The Morgan fingerprint density at radius 1 is 1.39 bits per heavy atom. The average Bonchev–Trinajstić information content (AvgIpc) is 2.68. The molecule has 0 aromatic heterocycles. The lowest BCUT2D eigenvalue weighted by atomic mass is 10.0. The van der Waals surface area contributed by atoms with Crippen LogP contribution in [0, 0.1) is 0 Å². The maximum absolute atomic E-state index is 10.2. The molecule has 1 aromatic carbocycles. The number of phenols is 1. The molecule has 1 heterocycles. The van der Waals surface area contributed by atoms with Crippen LogP contribution >= 0.6 is 0 Å². The Kier molecular flexibility index (Phi) is 3.53. The van der Waals surface area contributed by atoms with Crippen LogP contribution in [-0.4, -0.2) is 24.2 Å². The molecule has 1 atom stereocenters. The highest BCUT2D eigenvalue weighted by Gasteiger charge is 2.32. The Bertz CT molecular complexity index is 429. The fourth-order valence-corrected chi connectivity index (χ4v) is 2.81. The standard InChI is InChI=1S/C15H24N2O/c1-11(16-4)13-7-6-12(10-14(13)18)17-9-5-8-15(17,2)3/h6-7,10-11,16,18H,5,8-9H2,1-4H3. The lowest BCUT2D eigenvalue weighted by molar-refractivity contribution is 0.456. The van der Waals surface area contributed by atoms with Crippen molar-refractivity contribution in [3.8, 4) is 5.75 Å². The second-order valence-corrected chi connectivity index (χ2v) is 5.82. The van der Waals surface area contributed by atoms with E-state index in [4.69, 9.17) is 0 Å². The first kappa shape index (κ1) is 13.2. The Labute approximate surface area is 110 Å². The van der Waals surface area contributed by atoms with Crippen LogP contribution in [0.3, 0.4) is 0 Å². The van der Waals surface area contributed by atoms with Crippen LogP contribution in [0.1, 0.15) is 45.2 Å². The Morgan fingerprint density at radius 3 is 2.61 bits per heavy atom. The van der Waals surface area contributed by atoms with E-state index in [-0.39, 0.29) is 11.6 Å². The van der Waals surface area contributed by atoms with Crippen molar-refractivity contribution in [1.29, 1.82) is 0 Å². The van der Waals surface area contributed by atoms with Crippen molar-refractivity contribution in [3.05, 3.63) is 23.8 Å². The third-order valence-electron chi connectivity index (χ3n) is 4.13. The molecule has 0 amide bonds. The summed E-state index contributed by atoms with van der Waals surface area (Å²) in [6.45, 7) is 7.66. The smallest absolute Gasteiger partial charge is 0.122 e. The topological polar surface area (TPSA) is 35.5 Å². The molecule has 1 unspecified atom stereocenters. The molecule has 0 saturated carbocycles. The Hall–Kier alpha value is -1.22. The van der Waals surface area contributed by atoms with Crippen LogP contribution in [-0.2, 0) is 0 Å². The van der Waals surface area contributed by atoms with Crippen molar-refractivity contribution in [1.82, 2.24) is 5.32 Å². The van der Waals surface area contributed by atoms with Gasteiger partial charge in [0.1, 0.15) is 5.75 Å². The van der Waals surface area contributed by atoms with Crippen molar-refractivity contribution in [3.63, 3.8) is 0 Å². The minimum absolute atomic E-state index is 0.172. The largest absolute Gasteiger partial charge is 0.508 e. The molecule has 3 nitrogen and oxygen atoms in total. The van der Waals surface area contributed by atoms with Gasteiger partial charge in [-0.15, -0.1) is 0 Å². The van der Waals surface area contributed by atoms with Gasteiger partial charge in [-0.3, -0.25) is 0 Å². The summed E-state index contributed by atoms with van der Waals surface area (Å²) in [5.74, 6) is 0.386. The first-order valence-corrected chi connectivity index (χ1v) is 6.73. The molecule has 1 aliphatic rings. The maximum Gasteiger partial charge on any atom is 0.122 e. The van der Waals surface area contributed by atoms with E-state index in [1.54, 1.807) is 0 Å². The van der Waals surface area contributed by atoms with Gasteiger partial charge in [0, 0.05) is 35.4 Å². The SMILES string of the molecule is CNC(C)c1ccc(N2CCCC2(C)C)cc1O. The minimum atomic E-state index is 0.172. The van der Waals surface area contributed by atoms with Gasteiger partial charge in [0.15, 0.2) is 0 Å². The Morgan fingerprint density at radius 2 is 2.11 bits per heavy atom. The van der Waals surface area contributed by atoms with Gasteiger partial charge in [-0.25, -0.2) is 0 Å². The lowest BCUT2D eigenvalue weighted by Gasteiger charge is -2.34. The summed E-state index contributed by atoms with van der Waals surface area (Å²) < 4.78 is 0. The normalized spacial score (nSPS) is 20.1. The monoisotopic (exact) mass is 248 g/mol. The highest BCUT2D eigenvalue weighted by Crippen LogP contribution is 2.36. The number of phenolic OH excluding ortho intramolecular Hbond substituents is 1. The van der Waals surface area contributed by atoms with Crippen molar-refractivity contribution in [2.75, 3.05) is 18.5 Å². The highest BCUT2D eigenvalue weighted by atomic mass is 16.3. The summed E-state index contributed by atoms with van der Waals surface area (Å²) in [6, 6.07) is 6.22. The molecule has 2 N–H and O–H groups in total. The lowest BCUT2D eigenvalue weighted by Crippen LogP contribution is -2.38. The fraction of sp³-hybridized carbons (Fsp3) is 0.600. The number of aromatic hydroxyl groups is 1. The predicted octanol–water partition coefficient (Wildman–Crippen LogP) is 3.05. The summed E-state index contributed by atoms with van der Waals surface area (Å²) in [5, 5.41) is 13.3. The fourth-order valence-electron chi connectivity index (χ4n) is 2.81. The molecule has 1 saturated heterocycles. The summed E-state index contributed by atoms with van der Waals surface area (Å²) in [7, 11) is 1.90. The maximum atomic E-state index is 10.2. The number of anilines is 1. The Balaban J connectivity index is 2.29. The van der Waals surface area contributed by atoms with Gasteiger partial charge in [-0.1, -0.05) is 6.07 Å². The van der Waals surface area contributed by atoms with E-state index >= 15 is 0 Å². The molecular weight excluding hydrogens is 224 g/mol. The van der Waals surface area contributed by atoms with Gasteiger partial charge in [0.2, 0.25) is 0 Å². The van der Waals surface area contributed by atoms with Crippen molar-refractivity contribution in [2.24, 2.45) is 0 Å². The van der Waals surface area contributed by atoms with Crippen LogP contribution < -0.4 is 10.2 Å². The van der Waals surface area contributed by atoms with Crippen LogP contribution in [0.5, 0.6) is 5.75 Å². The van der Waals surface area contributed by atoms with Crippen molar-refractivity contribution in [2.45, 2.75) is 45.2 Å². The molecule has 3 heteroatoms. The third-order valence-corrected chi connectivity index (χ3v) is 4.13. The zero-order valence-corrected chi connectivity index (χ0v) is 11.8. The van der Waals surface area contributed by atoms with Gasteiger partial charge in [-0.05, 0) is 46.7 Å². The first-order chi connectivity index (χ1) is 8.45. The second kappa shape index (κ2) is 4.81. The summed E-state index contributed by atoms with van der Waals surface area (Å²) in [5.41, 5.74) is 2.28. The molecule has 0 aliphatic carbocycles. The second-order valence-electron chi connectivity index (χ2n) is 5.82. The number of hydrogen-bond acceptors (Lipinski definition) is 3. The average molecular weight is 248 g/mol. The van der Waals surface area contributed by atoms with Crippen LogP contribution in [0.25, 0.3) is 0 Å². The number of nitrogens with one attached hydrogen (secondary N) is 1. The molecule has 0 spiro atoms. The van der Waals surface area contributed by atoms with E-state index < -0.39 is 0 Å². The van der Waals surface area contributed by atoms with Crippen molar-refractivity contribution < 1.29 is 5.11 Å². The minimum Gasteiger partial charge on any atom is -0.508 e. The zero-order chi connectivity index (χ0) is 13.3. The molecule has 1 fully saturated rings. The van der Waals surface area contributed by atoms with Gasteiger partial charge in [0.05, 0.1) is 0 Å². The molecular formula is C15H24N2O. The number of rotatable bonds is 3. The van der Waals surface area contributed by atoms with Gasteiger partial charge < -0.3 is 15.3 Å². The molecule has 18 heavy (non-hydrogen) atoms. The number of benzene rings is 1. The quantitative estimate of drug-likeness (QED) is 0.863. The van der Waals surface area contributed by atoms with E-state index in [1.807, 2.05) is 19.2 Å². The molecule has 0 bridgehead atoms. The third kappa shape index (κ3) is 2.32. The zero-order valence-electron chi connectivity index (χ0n) is 11.8. The predicted molar refractivity (Wildman–Crippen MR) is 76.2 cm³/mol. The summed E-state index contributed by atoms with van der Waals surface area (Å²) in [4.78, 5) is 2.39. The van der Waals surface area contributed by atoms with Gasteiger partial charge >= 0.3 is 0 Å². The van der Waals surface area contributed by atoms with E-state index in [2.05, 4.69) is 37.1 Å². The molecule has 2 rings (SSSR count). The molecule has 100 valence electrons. The van der Waals surface area contributed by atoms with E-state index in [1.165, 1.54) is 12.8 Å². The van der Waals surface area contributed by atoms with Crippen LogP contribution in [0.4, 0.5) is 5.69 Å². The van der Waals surface area contributed by atoms with E-state index in [0.717, 1.165) is 17.8 Å². The van der Waals surface area contributed by atoms with Crippen LogP contribution in [0.2, 0.25) is 0 Å². The first-order valence-electron chi connectivity index (χ1n) is 6.73. The van der Waals surface area contributed by atoms with Gasteiger partial charge in [0.25, 0.3) is 0 Å². The number of hydrogen-bond donors (Lipinski definition) is 2. The van der Waals surface area contributed by atoms with Crippen LogP contribution in [0.15, 0.2) is 18.2 Å². The highest BCUT2D eigenvalue weighted by molar-refractivity contribution is 5.56. The summed E-state index contributed by atoms with van der Waals surface area (Å²) >= 11 is 0. The number of nitrogens with zero attached hydrogens (tertiary/aromatic N) is 1. The molecule has 0 radical (unpaired) electrons. The van der Waals surface area contributed by atoms with E-state index in [0.29, 0.717) is 5.75 Å². The van der Waals surface area contributed by atoms with Gasteiger partial charge in [-0.2, -0.15) is 0 Å². The van der Waals surface area contributed by atoms with E-state index in [9.17, 15) is 5.11 Å². The summed E-state index contributed by atoms with van der Waals surface area (Å²) in [6.07, 6.45) is 2.44. The molecule has 1 aromatic rings.